The van der Waals surface area contributed by atoms with Crippen molar-refractivity contribution < 1.29 is 18.5 Å². The summed E-state index contributed by atoms with van der Waals surface area (Å²) in [5.74, 6) is -0.492. The van der Waals surface area contributed by atoms with Gasteiger partial charge in [0.2, 0.25) is 0 Å². The first-order valence-electron chi connectivity index (χ1n) is 9.19. The average molecular weight is 367 g/mol. The van der Waals surface area contributed by atoms with Crippen LogP contribution in [0.2, 0.25) is 0 Å². The van der Waals surface area contributed by atoms with E-state index in [0.717, 1.165) is 5.56 Å². The van der Waals surface area contributed by atoms with Gasteiger partial charge in [-0.05, 0) is 51.0 Å². The maximum Gasteiger partial charge on any atom is 0.497 e. The van der Waals surface area contributed by atoms with E-state index < -0.39 is 24.1 Å². The summed E-state index contributed by atoms with van der Waals surface area (Å²) >= 11 is 0. The molecule has 0 saturated carbocycles. The zero-order valence-corrected chi connectivity index (χ0v) is 16.1. The predicted molar refractivity (Wildman–Crippen MR) is 102 cm³/mol. The molecule has 0 radical (unpaired) electrons. The van der Waals surface area contributed by atoms with E-state index in [1.165, 1.54) is 6.07 Å². The van der Waals surface area contributed by atoms with Crippen LogP contribution < -0.4 is 5.46 Å². The second-order valence-corrected chi connectivity index (χ2v) is 8.27. The zero-order chi connectivity index (χ0) is 19.4. The Bertz CT molecular complexity index is 882. The molecule has 2 aliphatic heterocycles. The van der Waals surface area contributed by atoms with Gasteiger partial charge in [-0.3, -0.25) is 4.79 Å². The maximum atomic E-state index is 14.8. The molecule has 2 aromatic carbocycles. The number of carbonyl (C=O) groups excluding carboxylic acids is 1. The molecule has 1 saturated heterocycles. The van der Waals surface area contributed by atoms with Gasteiger partial charge in [0, 0.05) is 24.1 Å². The van der Waals surface area contributed by atoms with E-state index in [9.17, 15) is 9.18 Å². The van der Waals surface area contributed by atoms with E-state index in [1.54, 1.807) is 11.0 Å². The van der Waals surface area contributed by atoms with Gasteiger partial charge in [0.1, 0.15) is 5.82 Å². The molecule has 4 rings (SSSR count). The SMILES string of the molecule is CC1(C)OB(c2cc3c(cc2F)CN(Cc2ccccc2)C3=O)OC1(C)C. The number of halogens is 1. The molecule has 0 aromatic heterocycles. The fourth-order valence-corrected chi connectivity index (χ4v) is 3.49. The fraction of sp³-hybridized carbons (Fsp3) is 0.381. The minimum absolute atomic E-state index is 0.0911. The first-order valence-corrected chi connectivity index (χ1v) is 9.19. The maximum absolute atomic E-state index is 14.8. The van der Waals surface area contributed by atoms with Crippen molar-refractivity contribution in [2.75, 3.05) is 0 Å². The Hall–Kier alpha value is -2.18. The van der Waals surface area contributed by atoms with Gasteiger partial charge in [-0.15, -0.1) is 0 Å². The Morgan fingerprint density at radius 3 is 2.33 bits per heavy atom. The Balaban J connectivity index is 1.61. The van der Waals surface area contributed by atoms with Crippen molar-refractivity contribution in [3.8, 4) is 0 Å². The summed E-state index contributed by atoms with van der Waals surface area (Å²) in [4.78, 5) is 14.6. The Kier molecular flexibility index (Phi) is 4.16. The van der Waals surface area contributed by atoms with Gasteiger partial charge in [-0.2, -0.15) is 0 Å². The van der Waals surface area contributed by atoms with Gasteiger partial charge in [0.05, 0.1) is 11.2 Å². The van der Waals surface area contributed by atoms with Crippen LogP contribution in [0.5, 0.6) is 0 Å². The molecule has 0 unspecified atom stereocenters. The number of hydrogen-bond donors (Lipinski definition) is 0. The van der Waals surface area contributed by atoms with Crippen LogP contribution in [-0.4, -0.2) is 29.1 Å². The van der Waals surface area contributed by atoms with Gasteiger partial charge in [0.25, 0.3) is 5.91 Å². The minimum Gasteiger partial charge on any atom is -0.399 e. The van der Waals surface area contributed by atoms with Crippen LogP contribution >= 0.6 is 0 Å². The number of rotatable bonds is 3. The second kappa shape index (κ2) is 6.18. The summed E-state index contributed by atoms with van der Waals surface area (Å²) in [7, 11) is -0.823. The molecule has 0 bridgehead atoms. The van der Waals surface area contributed by atoms with Gasteiger partial charge >= 0.3 is 7.12 Å². The van der Waals surface area contributed by atoms with Crippen molar-refractivity contribution >= 4 is 18.5 Å². The summed E-state index contributed by atoms with van der Waals surface area (Å²) in [5.41, 5.74) is 1.43. The second-order valence-electron chi connectivity index (χ2n) is 8.27. The number of fused-ring (bicyclic) bond motifs is 1. The first-order chi connectivity index (χ1) is 12.7. The van der Waals surface area contributed by atoms with Crippen LogP contribution in [0.15, 0.2) is 42.5 Å². The van der Waals surface area contributed by atoms with Crippen LogP contribution in [0.3, 0.4) is 0 Å². The highest BCUT2D eigenvalue weighted by Gasteiger charge is 2.52. The topological polar surface area (TPSA) is 38.8 Å². The van der Waals surface area contributed by atoms with Crippen LogP contribution in [0.25, 0.3) is 0 Å². The third-order valence-corrected chi connectivity index (χ3v) is 5.82. The number of hydrogen-bond acceptors (Lipinski definition) is 3. The molecule has 2 aromatic rings. The van der Waals surface area contributed by atoms with Crippen molar-refractivity contribution in [1.82, 2.24) is 4.90 Å². The molecule has 2 heterocycles. The van der Waals surface area contributed by atoms with Gasteiger partial charge < -0.3 is 14.2 Å². The lowest BCUT2D eigenvalue weighted by atomic mass is 9.77. The molecule has 2 aliphatic rings. The smallest absolute Gasteiger partial charge is 0.399 e. The van der Waals surface area contributed by atoms with Crippen LogP contribution in [0, 0.1) is 5.82 Å². The zero-order valence-electron chi connectivity index (χ0n) is 16.1. The predicted octanol–water partition coefficient (Wildman–Crippen LogP) is 3.28. The number of amides is 1. The quantitative estimate of drug-likeness (QED) is 0.782. The van der Waals surface area contributed by atoms with Gasteiger partial charge in [-0.25, -0.2) is 4.39 Å². The fourth-order valence-electron chi connectivity index (χ4n) is 3.49. The van der Waals surface area contributed by atoms with E-state index >= 15 is 0 Å². The highest BCUT2D eigenvalue weighted by molar-refractivity contribution is 6.62. The van der Waals surface area contributed by atoms with E-state index in [2.05, 4.69) is 0 Å². The molecule has 27 heavy (non-hydrogen) atoms. The lowest BCUT2D eigenvalue weighted by Crippen LogP contribution is -2.41. The third-order valence-electron chi connectivity index (χ3n) is 5.82. The molecule has 0 spiro atoms. The molecule has 1 amide bonds. The lowest BCUT2D eigenvalue weighted by Gasteiger charge is -2.32. The molecule has 6 heteroatoms. The van der Waals surface area contributed by atoms with Crippen molar-refractivity contribution in [1.29, 1.82) is 0 Å². The first kappa shape index (κ1) is 18.2. The summed E-state index contributed by atoms with van der Waals surface area (Å²) < 4.78 is 26.7. The van der Waals surface area contributed by atoms with E-state index in [0.29, 0.717) is 24.2 Å². The van der Waals surface area contributed by atoms with Crippen molar-refractivity contribution in [3.05, 3.63) is 65.0 Å². The Morgan fingerprint density at radius 2 is 1.70 bits per heavy atom. The number of benzene rings is 2. The molecule has 1 fully saturated rings. The lowest BCUT2D eigenvalue weighted by molar-refractivity contribution is 0.00578. The summed E-state index contributed by atoms with van der Waals surface area (Å²) in [5, 5.41) is 0. The monoisotopic (exact) mass is 367 g/mol. The van der Waals surface area contributed by atoms with Crippen molar-refractivity contribution in [3.63, 3.8) is 0 Å². The standard InChI is InChI=1S/C21H23BFNO3/c1-20(2)21(3,4)27-22(26-20)17-11-16-15(10-18(17)23)13-24(19(16)25)12-14-8-6-5-7-9-14/h5-11H,12-13H2,1-4H3. The number of nitrogens with zero attached hydrogens (tertiary/aromatic N) is 1. The van der Waals surface area contributed by atoms with E-state index in [4.69, 9.17) is 9.31 Å². The van der Waals surface area contributed by atoms with Crippen molar-refractivity contribution in [2.45, 2.75) is 52.0 Å². The molecular weight excluding hydrogens is 344 g/mol. The highest BCUT2D eigenvalue weighted by atomic mass is 19.1. The summed E-state index contributed by atoms with van der Waals surface area (Å²) in [6.07, 6.45) is 0. The average Bonchev–Trinajstić information content (AvgIpc) is 3.00. The molecule has 4 nitrogen and oxygen atoms in total. The van der Waals surface area contributed by atoms with E-state index in [-0.39, 0.29) is 11.4 Å². The summed E-state index contributed by atoms with van der Waals surface area (Å²) in [6, 6.07) is 12.8. The molecule has 140 valence electrons. The van der Waals surface area contributed by atoms with Crippen molar-refractivity contribution in [2.24, 2.45) is 0 Å². The van der Waals surface area contributed by atoms with Crippen LogP contribution in [-0.2, 0) is 22.4 Å². The molecule has 0 aliphatic carbocycles. The number of carbonyl (C=O) groups is 1. The highest BCUT2D eigenvalue weighted by Crippen LogP contribution is 2.37. The Labute approximate surface area is 159 Å². The van der Waals surface area contributed by atoms with Crippen LogP contribution in [0.4, 0.5) is 4.39 Å². The molecule has 0 atom stereocenters. The minimum atomic E-state index is -0.823. The van der Waals surface area contributed by atoms with Gasteiger partial charge in [0.15, 0.2) is 0 Å². The summed E-state index contributed by atoms with van der Waals surface area (Å²) in [6.45, 7) is 8.59. The normalized spacial score (nSPS) is 20.3. The van der Waals surface area contributed by atoms with E-state index in [1.807, 2.05) is 58.0 Å². The Morgan fingerprint density at radius 1 is 1.07 bits per heavy atom. The molecular formula is C21H23BFNO3. The van der Waals surface area contributed by atoms with Crippen LogP contribution in [0.1, 0.15) is 49.2 Å². The largest absolute Gasteiger partial charge is 0.497 e. The van der Waals surface area contributed by atoms with Gasteiger partial charge in [-0.1, -0.05) is 30.3 Å². The molecule has 0 N–H and O–H groups in total. The third kappa shape index (κ3) is 3.07.